The van der Waals surface area contributed by atoms with Crippen molar-refractivity contribution in [1.29, 1.82) is 0 Å². The summed E-state index contributed by atoms with van der Waals surface area (Å²) in [5.41, 5.74) is 0.507. The normalized spacial score (nSPS) is 12.2. The number of benzene rings is 1. The number of fused-ring (bicyclic) bond motifs is 1. The highest BCUT2D eigenvalue weighted by molar-refractivity contribution is 7.99. The van der Waals surface area contributed by atoms with Crippen molar-refractivity contribution in [2.75, 3.05) is 32.9 Å². The molecule has 0 radical (unpaired) electrons. The van der Waals surface area contributed by atoms with Gasteiger partial charge in [0, 0.05) is 13.1 Å². The number of carbonyl (C=O) groups is 2. The Morgan fingerprint density at radius 2 is 2.00 bits per heavy atom. The molecule has 0 saturated heterocycles. The quantitative estimate of drug-likeness (QED) is 0.442. The molecule has 2 aromatic rings. The summed E-state index contributed by atoms with van der Waals surface area (Å²) in [5, 5.41) is 6.42. The number of likely N-dealkylation sites (N-methyl/N-ethyl adjacent to an activating group) is 1. The van der Waals surface area contributed by atoms with E-state index in [1.54, 1.807) is 23.6 Å². The van der Waals surface area contributed by atoms with E-state index >= 15 is 0 Å². The Morgan fingerprint density at radius 3 is 2.69 bits per heavy atom. The van der Waals surface area contributed by atoms with Crippen molar-refractivity contribution >= 4 is 34.5 Å². The summed E-state index contributed by atoms with van der Waals surface area (Å²) in [7, 11) is 3.97. The third-order valence-electron chi connectivity index (χ3n) is 4.27. The maximum absolute atomic E-state index is 13.0. The first-order chi connectivity index (χ1) is 13.8. The van der Waals surface area contributed by atoms with Crippen LogP contribution in [0.2, 0.25) is 0 Å². The SMILES string of the molecule is CCNC(=O)[C@H](C)NC(=O)CSc1nc2ccccc2c(=O)n1CCCN(C)C. The molecule has 0 aliphatic heterocycles. The van der Waals surface area contributed by atoms with E-state index in [2.05, 4.69) is 20.5 Å². The van der Waals surface area contributed by atoms with E-state index in [1.165, 1.54) is 11.8 Å². The molecule has 2 amide bonds. The van der Waals surface area contributed by atoms with E-state index in [-0.39, 0.29) is 23.1 Å². The van der Waals surface area contributed by atoms with Gasteiger partial charge in [0.2, 0.25) is 11.8 Å². The zero-order valence-electron chi connectivity index (χ0n) is 17.4. The van der Waals surface area contributed by atoms with E-state index in [0.29, 0.717) is 29.1 Å². The largest absolute Gasteiger partial charge is 0.355 e. The van der Waals surface area contributed by atoms with Crippen LogP contribution in [0.1, 0.15) is 20.3 Å². The number of nitrogens with zero attached hydrogens (tertiary/aromatic N) is 3. The van der Waals surface area contributed by atoms with Gasteiger partial charge in [-0.2, -0.15) is 0 Å². The van der Waals surface area contributed by atoms with Crippen LogP contribution in [0.25, 0.3) is 10.9 Å². The standard InChI is InChI=1S/C20H29N5O3S/c1-5-21-18(27)14(2)22-17(26)13-29-20-23-16-10-7-6-9-15(16)19(28)25(20)12-8-11-24(3)4/h6-7,9-10,14H,5,8,11-13H2,1-4H3,(H,21,27)(H,22,26)/t14-/m0/s1. The van der Waals surface area contributed by atoms with E-state index < -0.39 is 6.04 Å². The van der Waals surface area contributed by atoms with Gasteiger partial charge in [-0.25, -0.2) is 4.98 Å². The summed E-state index contributed by atoms with van der Waals surface area (Å²) in [6.45, 7) is 5.33. The molecule has 0 fully saturated rings. The number of para-hydroxylation sites is 1. The lowest BCUT2D eigenvalue weighted by atomic mass is 10.2. The Labute approximate surface area is 175 Å². The van der Waals surface area contributed by atoms with Crippen LogP contribution >= 0.6 is 11.8 Å². The van der Waals surface area contributed by atoms with Crippen molar-refractivity contribution in [3.8, 4) is 0 Å². The summed E-state index contributed by atoms with van der Waals surface area (Å²) in [6, 6.07) is 6.60. The van der Waals surface area contributed by atoms with Gasteiger partial charge in [0.15, 0.2) is 5.16 Å². The van der Waals surface area contributed by atoms with Gasteiger partial charge in [-0.15, -0.1) is 0 Å². The average Bonchev–Trinajstić information content (AvgIpc) is 2.68. The predicted molar refractivity (Wildman–Crippen MR) is 116 cm³/mol. The molecular formula is C20H29N5O3S. The van der Waals surface area contributed by atoms with Gasteiger partial charge in [0.05, 0.1) is 16.7 Å². The topological polar surface area (TPSA) is 96.3 Å². The third kappa shape index (κ3) is 6.57. The first-order valence-corrected chi connectivity index (χ1v) is 10.7. The molecule has 2 rings (SSSR count). The minimum absolute atomic E-state index is 0.0716. The molecule has 0 unspecified atom stereocenters. The second kappa shape index (κ2) is 11.0. The first kappa shape index (κ1) is 22.9. The van der Waals surface area contributed by atoms with Crippen LogP contribution in [0.4, 0.5) is 0 Å². The number of nitrogens with one attached hydrogen (secondary N) is 2. The Hall–Kier alpha value is -2.39. The van der Waals surface area contributed by atoms with Crippen LogP contribution < -0.4 is 16.2 Å². The van der Waals surface area contributed by atoms with Crippen molar-refractivity contribution in [3.05, 3.63) is 34.6 Å². The second-order valence-electron chi connectivity index (χ2n) is 7.00. The van der Waals surface area contributed by atoms with E-state index in [0.717, 1.165) is 13.0 Å². The van der Waals surface area contributed by atoms with Crippen molar-refractivity contribution in [2.45, 2.75) is 38.0 Å². The fourth-order valence-corrected chi connectivity index (χ4v) is 3.64. The van der Waals surface area contributed by atoms with Gasteiger partial charge in [-0.1, -0.05) is 23.9 Å². The Bertz CT molecular complexity index is 913. The zero-order valence-corrected chi connectivity index (χ0v) is 18.2. The zero-order chi connectivity index (χ0) is 21.4. The van der Waals surface area contributed by atoms with E-state index in [1.807, 2.05) is 33.2 Å². The molecular weight excluding hydrogens is 390 g/mol. The molecule has 0 bridgehead atoms. The number of hydrogen-bond donors (Lipinski definition) is 2. The smallest absolute Gasteiger partial charge is 0.262 e. The predicted octanol–water partition coefficient (Wildman–Crippen LogP) is 1.08. The lowest BCUT2D eigenvalue weighted by Gasteiger charge is -2.16. The van der Waals surface area contributed by atoms with Gasteiger partial charge >= 0.3 is 0 Å². The van der Waals surface area contributed by atoms with E-state index in [4.69, 9.17) is 0 Å². The lowest BCUT2D eigenvalue weighted by molar-refractivity contribution is -0.127. The van der Waals surface area contributed by atoms with Gasteiger partial charge in [0.25, 0.3) is 5.56 Å². The Morgan fingerprint density at radius 1 is 1.28 bits per heavy atom. The molecule has 0 aliphatic rings. The van der Waals surface area contributed by atoms with Crippen LogP contribution in [0.15, 0.2) is 34.2 Å². The van der Waals surface area contributed by atoms with Gasteiger partial charge < -0.3 is 15.5 Å². The van der Waals surface area contributed by atoms with Crippen LogP contribution in [0.5, 0.6) is 0 Å². The maximum Gasteiger partial charge on any atom is 0.262 e. The molecule has 1 heterocycles. The van der Waals surface area contributed by atoms with Crippen molar-refractivity contribution in [2.24, 2.45) is 0 Å². The molecule has 8 nitrogen and oxygen atoms in total. The maximum atomic E-state index is 13.0. The number of amides is 2. The molecule has 29 heavy (non-hydrogen) atoms. The van der Waals surface area contributed by atoms with Crippen LogP contribution in [-0.4, -0.2) is 65.2 Å². The number of aromatic nitrogens is 2. The third-order valence-corrected chi connectivity index (χ3v) is 5.24. The van der Waals surface area contributed by atoms with Gasteiger partial charge in [-0.05, 0) is 53.0 Å². The molecule has 1 aromatic carbocycles. The first-order valence-electron chi connectivity index (χ1n) is 9.67. The number of rotatable bonds is 10. The number of carbonyl (C=O) groups excluding carboxylic acids is 2. The molecule has 9 heteroatoms. The fourth-order valence-electron chi connectivity index (χ4n) is 2.81. The number of hydrogen-bond acceptors (Lipinski definition) is 6. The molecule has 1 aromatic heterocycles. The van der Waals surface area contributed by atoms with Crippen LogP contribution in [0, 0.1) is 0 Å². The monoisotopic (exact) mass is 419 g/mol. The average molecular weight is 420 g/mol. The molecule has 0 aliphatic carbocycles. The molecule has 0 saturated carbocycles. The minimum atomic E-state index is -0.616. The Kier molecular flexibility index (Phi) is 8.66. The van der Waals surface area contributed by atoms with Gasteiger partial charge in [-0.3, -0.25) is 19.0 Å². The summed E-state index contributed by atoms with van der Waals surface area (Å²) >= 11 is 1.20. The van der Waals surface area contributed by atoms with Crippen molar-refractivity contribution < 1.29 is 9.59 Å². The molecule has 0 spiro atoms. The highest BCUT2D eigenvalue weighted by Gasteiger charge is 2.17. The van der Waals surface area contributed by atoms with Crippen molar-refractivity contribution in [3.63, 3.8) is 0 Å². The highest BCUT2D eigenvalue weighted by Crippen LogP contribution is 2.18. The summed E-state index contributed by atoms with van der Waals surface area (Å²) in [6.07, 6.45) is 0.793. The summed E-state index contributed by atoms with van der Waals surface area (Å²) in [5.74, 6) is -0.436. The molecule has 1 atom stereocenters. The van der Waals surface area contributed by atoms with Crippen LogP contribution in [0.3, 0.4) is 0 Å². The molecule has 158 valence electrons. The lowest BCUT2D eigenvalue weighted by Crippen LogP contribution is -2.45. The summed E-state index contributed by atoms with van der Waals surface area (Å²) in [4.78, 5) is 43.7. The second-order valence-corrected chi connectivity index (χ2v) is 7.94. The van der Waals surface area contributed by atoms with Gasteiger partial charge in [0.1, 0.15) is 6.04 Å². The Balaban J connectivity index is 2.16. The van der Waals surface area contributed by atoms with Crippen molar-refractivity contribution in [1.82, 2.24) is 25.1 Å². The van der Waals surface area contributed by atoms with Crippen LogP contribution in [-0.2, 0) is 16.1 Å². The highest BCUT2D eigenvalue weighted by atomic mass is 32.2. The van der Waals surface area contributed by atoms with E-state index in [9.17, 15) is 14.4 Å². The molecule has 2 N–H and O–H groups in total. The minimum Gasteiger partial charge on any atom is -0.355 e. The summed E-state index contributed by atoms with van der Waals surface area (Å²) < 4.78 is 1.64. The fraction of sp³-hybridized carbons (Fsp3) is 0.500. The number of thioether (sulfide) groups is 1.